The molecule has 0 atom stereocenters. The Balaban J connectivity index is 1.61. The third-order valence-electron chi connectivity index (χ3n) is 3.93. The molecule has 0 aliphatic heterocycles. The summed E-state index contributed by atoms with van der Waals surface area (Å²) in [6, 6.07) is 8.73. The van der Waals surface area contributed by atoms with Crippen LogP contribution in [0.5, 0.6) is 5.75 Å². The van der Waals surface area contributed by atoms with Crippen molar-refractivity contribution in [3.63, 3.8) is 0 Å². The van der Waals surface area contributed by atoms with Gasteiger partial charge in [-0.15, -0.1) is 0 Å². The van der Waals surface area contributed by atoms with E-state index in [4.69, 9.17) is 4.74 Å². The van der Waals surface area contributed by atoms with E-state index in [9.17, 15) is 9.18 Å². The zero-order valence-electron chi connectivity index (χ0n) is 13.8. The van der Waals surface area contributed by atoms with Gasteiger partial charge in [0.05, 0.1) is 30.4 Å². The van der Waals surface area contributed by atoms with Crippen LogP contribution in [-0.4, -0.2) is 31.8 Å². The normalized spacial score (nSPS) is 11.0. The number of rotatable bonds is 4. The highest BCUT2D eigenvalue weighted by Gasteiger charge is 2.07. The molecule has 0 fully saturated rings. The first-order valence-corrected chi connectivity index (χ1v) is 7.85. The molecule has 1 N–H and O–H groups in total. The van der Waals surface area contributed by atoms with Crippen molar-refractivity contribution in [2.75, 3.05) is 7.11 Å². The number of aromatic amines is 1. The Hall–Kier alpha value is -3.55. The fourth-order valence-electron chi connectivity index (χ4n) is 2.65. The van der Waals surface area contributed by atoms with E-state index in [-0.39, 0.29) is 5.56 Å². The second kappa shape index (κ2) is 6.40. The largest absolute Gasteiger partial charge is 0.497 e. The topological polar surface area (TPSA) is 85.7 Å². The van der Waals surface area contributed by atoms with E-state index in [1.165, 1.54) is 10.9 Å². The summed E-state index contributed by atoms with van der Waals surface area (Å²) < 4.78 is 19.5. The van der Waals surface area contributed by atoms with Gasteiger partial charge >= 0.3 is 0 Å². The standard InChI is InChI=1S/C18H14FN5O2/c1-26-13-3-4-15-14(7-13)18(25)23-16(22-15)6-11-2-5-17(20-8-11)24-10-12(19)9-21-24/h2-5,7-10H,6H2,1H3,(H,22,23,25). The van der Waals surface area contributed by atoms with Crippen LogP contribution in [0.25, 0.3) is 16.7 Å². The third-order valence-corrected chi connectivity index (χ3v) is 3.93. The predicted molar refractivity (Wildman–Crippen MR) is 93.0 cm³/mol. The molecule has 0 amide bonds. The molecule has 0 radical (unpaired) electrons. The second-order valence-corrected chi connectivity index (χ2v) is 5.70. The van der Waals surface area contributed by atoms with Gasteiger partial charge in [-0.25, -0.2) is 19.0 Å². The van der Waals surface area contributed by atoms with Crippen molar-refractivity contribution in [1.82, 2.24) is 24.7 Å². The van der Waals surface area contributed by atoms with E-state index < -0.39 is 5.82 Å². The number of hydrogen-bond donors (Lipinski definition) is 1. The molecule has 0 aliphatic carbocycles. The maximum Gasteiger partial charge on any atom is 0.258 e. The van der Waals surface area contributed by atoms with Crippen LogP contribution in [0.4, 0.5) is 4.39 Å². The van der Waals surface area contributed by atoms with Crippen molar-refractivity contribution in [3.05, 3.63) is 76.5 Å². The fraction of sp³-hybridized carbons (Fsp3) is 0.111. The molecule has 1 aromatic carbocycles. The lowest BCUT2D eigenvalue weighted by Crippen LogP contribution is -2.12. The number of hydrogen-bond acceptors (Lipinski definition) is 5. The SMILES string of the molecule is COc1ccc2nc(Cc3ccc(-n4cc(F)cn4)nc3)[nH]c(=O)c2c1. The van der Waals surface area contributed by atoms with Crippen LogP contribution in [0.3, 0.4) is 0 Å². The molecule has 4 rings (SSSR count). The number of ether oxygens (including phenoxy) is 1. The van der Waals surface area contributed by atoms with Crippen molar-refractivity contribution in [2.45, 2.75) is 6.42 Å². The molecule has 130 valence electrons. The zero-order chi connectivity index (χ0) is 18.1. The molecule has 0 aliphatic rings. The average Bonchev–Trinajstić information content (AvgIpc) is 3.08. The van der Waals surface area contributed by atoms with Gasteiger partial charge in [-0.1, -0.05) is 6.07 Å². The van der Waals surface area contributed by atoms with Gasteiger partial charge in [-0.05, 0) is 29.8 Å². The summed E-state index contributed by atoms with van der Waals surface area (Å²) in [5, 5.41) is 4.34. The summed E-state index contributed by atoms with van der Waals surface area (Å²) in [4.78, 5) is 23.8. The number of benzene rings is 1. The van der Waals surface area contributed by atoms with Crippen molar-refractivity contribution in [1.29, 1.82) is 0 Å². The fourth-order valence-corrected chi connectivity index (χ4v) is 2.65. The number of aromatic nitrogens is 5. The average molecular weight is 351 g/mol. The van der Waals surface area contributed by atoms with Crippen LogP contribution in [0.15, 0.2) is 53.7 Å². The molecule has 7 nitrogen and oxygen atoms in total. The molecule has 8 heteroatoms. The lowest BCUT2D eigenvalue weighted by atomic mass is 10.2. The Labute approximate surface area is 147 Å². The smallest absolute Gasteiger partial charge is 0.258 e. The molecular weight excluding hydrogens is 337 g/mol. The van der Waals surface area contributed by atoms with Gasteiger partial charge in [0, 0.05) is 12.6 Å². The first-order chi connectivity index (χ1) is 12.6. The third kappa shape index (κ3) is 3.04. The van der Waals surface area contributed by atoms with Crippen molar-refractivity contribution in [3.8, 4) is 11.6 Å². The minimum atomic E-state index is -0.426. The summed E-state index contributed by atoms with van der Waals surface area (Å²) in [6.07, 6.45) is 4.43. The molecular formula is C18H14FN5O2. The molecule has 0 bridgehead atoms. The Kier molecular flexibility index (Phi) is 3.92. The van der Waals surface area contributed by atoms with Crippen LogP contribution in [0, 0.1) is 5.82 Å². The van der Waals surface area contributed by atoms with Crippen molar-refractivity contribution in [2.24, 2.45) is 0 Å². The minimum Gasteiger partial charge on any atom is -0.497 e. The summed E-state index contributed by atoms with van der Waals surface area (Å²) in [7, 11) is 1.55. The van der Waals surface area contributed by atoms with E-state index >= 15 is 0 Å². The molecule has 26 heavy (non-hydrogen) atoms. The molecule has 3 aromatic heterocycles. The molecule has 0 saturated heterocycles. The van der Waals surface area contributed by atoms with Gasteiger partial charge in [0.2, 0.25) is 0 Å². The molecule has 0 spiro atoms. The van der Waals surface area contributed by atoms with Crippen LogP contribution in [0.1, 0.15) is 11.4 Å². The highest BCUT2D eigenvalue weighted by atomic mass is 19.1. The van der Waals surface area contributed by atoms with Gasteiger partial charge < -0.3 is 9.72 Å². The molecule has 0 unspecified atom stereocenters. The van der Waals surface area contributed by atoms with Crippen LogP contribution >= 0.6 is 0 Å². The Bertz CT molecular complexity index is 1130. The quantitative estimate of drug-likeness (QED) is 0.609. The van der Waals surface area contributed by atoms with E-state index in [0.29, 0.717) is 34.7 Å². The number of methoxy groups -OCH3 is 1. The van der Waals surface area contributed by atoms with Gasteiger partial charge in [-0.3, -0.25) is 4.79 Å². The first-order valence-electron chi connectivity index (χ1n) is 7.85. The summed E-state index contributed by atoms with van der Waals surface area (Å²) >= 11 is 0. The molecule has 0 saturated carbocycles. The lowest BCUT2D eigenvalue weighted by molar-refractivity contribution is 0.415. The van der Waals surface area contributed by atoms with Crippen LogP contribution in [0.2, 0.25) is 0 Å². The predicted octanol–water partition coefficient (Wildman–Crippen LogP) is 2.24. The Morgan fingerprint density at radius 3 is 2.81 bits per heavy atom. The van der Waals surface area contributed by atoms with Crippen molar-refractivity contribution >= 4 is 10.9 Å². The summed E-state index contributed by atoms with van der Waals surface area (Å²) in [5.41, 5.74) is 1.24. The van der Waals surface area contributed by atoms with Crippen LogP contribution in [-0.2, 0) is 6.42 Å². The first kappa shape index (κ1) is 15.9. The lowest BCUT2D eigenvalue weighted by Gasteiger charge is -2.06. The van der Waals surface area contributed by atoms with Gasteiger partial charge in [-0.2, -0.15) is 5.10 Å². The number of nitrogens with one attached hydrogen (secondary N) is 1. The molecule has 4 aromatic rings. The number of pyridine rings is 1. The van der Waals surface area contributed by atoms with Gasteiger partial charge in [0.25, 0.3) is 5.56 Å². The Morgan fingerprint density at radius 2 is 2.12 bits per heavy atom. The highest BCUT2D eigenvalue weighted by Crippen LogP contribution is 2.17. The number of fused-ring (bicyclic) bond motifs is 1. The number of halogens is 1. The van der Waals surface area contributed by atoms with E-state index in [0.717, 1.165) is 11.8 Å². The zero-order valence-corrected chi connectivity index (χ0v) is 13.8. The van der Waals surface area contributed by atoms with Crippen LogP contribution < -0.4 is 10.3 Å². The summed E-state index contributed by atoms with van der Waals surface area (Å²) in [5.74, 6) is 1.22. The van der Waals surface area contributed by atoms with Gasteiger partial charge in [0.1, 0.15) is 11.6 Å². The second-order valence-electron chi connectivity index (χ2n) is 5.70. The molecule has 3 heterocycles. The highest BCUT2D eigenvalue weighted by molar-refractivity contribution is 5.79. The van der Waals surface area contributed by atoms with Gasteiger partial charge in [0.15, 0.2) is 11.6 Å². The summed E-state index contributed by atoms with van der Waals surface area (Å²) in [6.45, 7) is 0. The van der Waals surface area contributed by atoms with E-state index in [2.05, 4.69) is 20.1 Å². The van der Waals surface area contributed by atoms with E-state index in [1.807, 2.05) is 6.07 Å². The minimum absolute atomic E-state index is 0.222. The number of nitrogens with zero attached hydrogens (tertiary/aromatic N) is 4. The monoisotopic (exact) mass is 351 g/mol. The van der Waals surface area contributed by atoms with Crippen molar-refractivity contribution < 1.29 is 9.13 Å². The van der Waals surface area contributed by atoms with E-state index in [1.54, 1.807) is 37.6 Å². The Morgan fingerprint density at radius 1 is 1.23 bits per heavy atom. The maximum absolute atomic E-state index is 13.0. The maximum atomic E-state index is 13.0. The number of H-pyrrole nitrogens is 1.